The number of hydrogen-bond acceptors (Lipinski definition) is 4. The predicted molar refractivity (Wildman–Crippen MR) is 82.5 cm³/mol. The number of hydrogen-bond donors (Lipinski definition) is 1. The van der Waals surface area contributed by atoms with Crippen LogP contribution in [0.2, 0.25) is 0 Å². The Morgan fingerprint density at radius 3 is 2.62 bits per heavy atom. The number of aliphatic carboxylic acids is 1. The standard InChI is InChI=1S/C15H17N3O2.ClH/c1-10-14(9-18-7-6-11(8-18)15(19)20)17-13-5-3-2-4-12(13)16-10;/h2-5,11H,6-9H2,1H3,(H,19,20);1H. The molecular weight excluding hydrogens is 290 g/mol. The lowest BCUT2D eigenvalue weighted by Gasteiger charge is -2.16. The normalized spacial score (nSPS) is 18.6. The van der Waals surface area contributed by atoms with Crippen LogP contribution in [0.1, 0.15) is 17.8 Å². The lowest BCUT2D eigenvalue weighted by Crippen LogP contribution is -2.24. The van der Waals surface area contributed by atoms with Crippen molar-refractivity contribution in [1.29, 1.82) is 0 Å². The van der Waals surface area contributed by atoms with Crippen molar-refractivity contribution >= 4 is 29.4 Å². The number of aromatic nitrogens is 2. The molecule has 3 rings (SSSR count). The second kappa shape index (κ2) is 6.37. The Hall–Kier alpha value is -1.72. The molecule has 5 nitrogen and oxygen atoms in total. The summed E-state index contributed by atoms with van der Waals surface area (Å²) >= 11 is 0. The van der Waals surface area contributed by atoms with Gasteiger partial charge in [0, 0.05) is 13.1 Å². The van der Waals surface area contributed by atoms with Crippen LogP contribution in [-0.2, 0) is 11.3 Å². The molecule has 1 aliphatic heterocycles. The van der Waals surface area contributed by atoms with Crippen molar-refractivity contribution in [3.05, 3.63) is 35.7 Å². The van der Waals surface area contributed by atoms with Crippen LogP contribution in [0.4, 0.5) is 0 Å². The first-order chi connectivity index (χ1) is 9.63. The minimum atomic E-state index is -0.700. The topological polar surface area (TPSA) is 66.3 Å². The molecule has 112 valence electrons. The average Bonchev–Trinajstić information content (AvgIpc) is 2.88. The molecule has 0 saturated carbocycles. The van der Waals surface area contributed by atoms with Crippen LogP contribution in [0, 0.1) is 12.8 Å². The molecule has 2 heterocycles. The van der Waals surface area contributed by atoms with E-state index in [0.717, 1.165) is 35.4 Å². The second-order valence-electron chi connectivity index (χ2n) is 5.30. The Morgan fingerprint density at radius 1 is 1.33 bits per heavy atom. The Morgan fingerprint density at radius 2 is 2.00 bits per heavy atom. The monoisotopic (exact) mass is 307 g/mol. The predicted octanol–water partition coefficient (Wildman–Crippen LogP) is 2.27. The summed E-state index contributed by atoms with van der Waals surface area (Å²) < 4.78 is 0. The summed E-state index contributed by atoms with van der Waals surface area (Å²) in [6, 6.07) is 7.81. The maximum Gasteiger partial charge on any atom is 0.307 e. The summed E-state index contributed by atoms with van der Waals surface area (Å²) in [5.41, 5.74) is 3.65. The maximum atomic E-state index is 11.0. The minimum Gasteiger partial charge on any atom is -0.481 e. The average molecular weight is 308 g/mol. The first-order valence-electron chi connectivity index (χ1n) is 6.81. The van der Waals surface area contributed by atoms with Crippen molar-refractivity contribution in [2.75, 3.05) is 13.1 Å². The van der Waals surface area contributed by atoms with E-state index in [4.69, 9.17) is 5.11 Å². The van der Waals surface area contributed by atoms with Crippen molar-refractivity contribution in [3.63, 3.8) is 0 Å². The van der Waals surface area contributed by atoms with Crippen LogP contribution >= 0.6 is 12.4 Å². The van der Waals surface area contributed by atoms with E-state index in [0.29, 0.717) is 13.1 Å². The molecule has 0 radical (unpaired) electrons. The van der Waals surface area contributed by atoms with Crippen LogP contribution in [0.3, 0.4) is 0 Å². The molecule has 0 bridgehead atoms. The number of carboxylic acid groups (broad SMARTS) is 1. The number of benzene rings is 1. The van der Waals surface area contributed by atoms with Crippen molar-refractivity contribution in [1.82, 2.24) is 14.9 Å². The Labute approximate surface area is 129 Å². The highest BCUT2D eigenvalue weighted by Crippen LogP contribution is 2.20. The number of rotatable bonds is 3. The number of carboxylic acids is 1. The van der Waals surface area contributed by atoms with E-state index in [1.807, 2.05) is 31.2 Å². The summed E-state index contributed by atoms with van der Waals surface area (Å²) in [5, 5.41) is 9.04. The highest BCUT2D eigenvalue weighted by atomic mass is 35.5. The molecule has 0 amide bonds. The van der Waals surface area contributed by atoms with Gasteiger partial charge in [-0.1, -0.05) is 12.1 Å². The van der Waals surface area contributed by atoms with Gasteiger partial charge in [0.05, 0.1) is 28.3 Å². The van der Waals surface area contributed by atoms with Gasteiger partial charge in [-0.15, -0.1) is 12.4 Å². The van der Waals surface area contributed by atoms with E-state index in [1.165, 1.54) is 0 Å². The third kappa shape index (κ3) is 3.31. The SMILES string of the molecule is Cc1nc2ccccc2nc1CN1CCC(C(=O)O)C1.Cl. The molecule has 1 atom stereocenters. The molecule has 0 aliphatic carbocycles. The number of aryl methyl sites for hydroxylation is 1. The minimum absolute atomic E-state index is 0. The molecular formula is C15H18ClN3O2. The summed E-state index contributed by atoms with van der Waals surface area (Å²) in [5.74, 6) is -0.947. The third-order valence-electron chi connectivity index (χ3n) is 3.84. The molecule has 1 aliphatic rings. The smallest absolute Gasteiger partial charge is 0.307 e. The van der Waals surface area contributed by atoms with E-state index in [1.54, 1.807) is 0 Å². The fourth-order valence-electron chi connectivity index (χ4n) is 2.66. The number of nitrogens with zero attached hydrogens (tertiary/aromatic N) is 3. The first-order valence-corrected chi connectivity index (χ1v) is 6.81. The van der Waals surface area contributed by atoms with E-state index in [2.05, 4.69) is 14.9 Å². The van der Waals surface area contributed by atoms with Gasteiger partial charge in [0.1, 0.15) is 0 Å². The number of fused-ring (bicyclic) bond motifs is 1. The molecule has 21 heavy (non-hydrogen) atoms. The van der Waals surface area contributed by atoms with Crippen molar-refractivity contribution < 1.29 is 9.90 Å². The number of likely N-dealkylation sites (tertiary alicyclic amines) is 1. The molecule has 1 N–H and O–H groups in total. The zero-order valence-electron chi connectivity index (χ0n) is 11.8. The van der Waals surface area contributed by atoms with Gasteiger partial charge in [-0.3, -0.25) is 9.69 Å². The first kappa shape index (κ1) is 15.7. The van der Waals surface area contributed by atoms with E-state index in [-0.39, 0.29) is 18.3 Å². The fourth-order valence-corrected chi connectivity index (χ4v) is 2.66. The van der Waals surface area contributed by atoms with Gasteiger partial charge in [-0.2, -0.15) is 0 Å². The van der Waals surface area contributed by atoms with Gasteiger partial charge < -0.3 is 5.11 Å². The van der Waals surface area contributed by atoms with Crippen LogP contribution in [0.15, 0.2) is 24.3 Å². The Balaban J connectivity index is 0.00000161. The third-order valence-corrected chi connectivity index (χ3v) is 3.84. The van der Waals surface area contributed by atoms with Gasteiger partial charge in [0.2, 0.25) is 0 Å². The summed E-state index contributed by atoms with van der Waals surface area (Å²) in [7, 11) is 0. The van der Waals surface area contributed by atoms with Crippen LogP contribution < -0.4 is 0 Å². The zero-order valence-corrected chi connectivity index (χ0v) is 12.6. The van der Waals surface area contributed by atoms with Gasteiger partial charge in [0.25, 0.3) is 0 Å². The van der Waals surface area contributed by atoms with Gasteiger partial charge in [-0.05, 0) is 32.0 Å². The van der Waals surface area contributed by atoms with Crippen molar-refractivity contribution in [2.24, 2.45) is 5.92 Å². The molecule has 1 aromatic carbocycles. The van der Waals surface area contributed by atoms with Crippen LogP contribution in [-0.4, -0.2) is 39.0 Å². The highest BCUT2D eigenvalue weighted by Gasteiger charge is 2.28. The molecule has 1 aromatic heterocycles. The quantitative estimate of drug-likeness (QED) is 0.942. The second-order valence-corrected chi connectivity index (χ2v) is 5.30. The lowest BCUT2D eigenvalue weighted by molar-refractivity contribution is -0.141. The fraction of sp³-hybridized carbons (Fsp3) is 0.400. The number of para-hydroxylation sites is 2. The molecule has 2 aromatic rings. The van der Waals surface area contributed by atoms with E-state index >= 15 is 0 Å². The summed E-state index contributed by atoms with van der Waals surface area (Å²) in [4.78, 5) is 22.4. The zero-order chi connectivity index (χ0) is 14.1. The number of carbonyl (C=O) groups is 1. The van der Waals surface area contributed by atoms with E-state index in [9.17, 15) is 4.79 Å². The lowest BCUT2D eigenvalue weighted by atomic mass is 10.1. The van der Waals surface area contributed by atoms with Crippen LogP contribution in [0.25, 0.3) is 11.0 Å². The van der Waals surface area contributed by atoms with Crippen LogP contribution in [0.5, 0.6) is 0 Å². The molecule has 1 fully saturated rings. The van der Waals surface area contributed by atoms with Gasteiger partial charge in [0.15, 0.2) is 0 Å². The molecule has 1 unspecified atom stereocenters. The Bertz CT molecular complexity index is 662. The molecule has 6 heteroatoms. The van der Waals surface area contributed by atoms with Crippen molar-refractivity contribution in [3.8, 4) is 0 Å². The van der Waals surface area contributed by atoms with Gasteiger partial charge >= 0.3 is 5.97 Å². The molecule has 0 spiro atoms. The van der Waals surface area contributed by atoms with Gasteiger partial charge in [-0.25, -0.2) is 9.97 Å². The number of halogens is 1. The summed E-state index contributed by atoms with van der Waals surface area (Å²) in [6.07, 6.45) is 0.718. The summed E-state index contributed by atoms with van der Waals surface area (Å²) in [6.45, 7) is 4.04. The van der Waals surface area contributed by atoms with E-state index < -0.39 is 5.97 Å². The Kier molecular flexibility index (Phi) is 4.75. The maximum absolute atomic E-state index is 11.0. The highest BCUT2D eigenvalue weighted by molar-refractivity contribution is 5.85. The van der Waals surface area contributed by atoms with Crippen molar-refractivity contribution in [2.45, 2.75) is 19.9 Å². The molecule has 1 saturated heterocycles. The largest absolute Gasteiger partial charge is 0.481 e.